The molecule has 8 nitrogen and oxygen atoms in total. The maximum absolute atomic E-state index is 10.2. The van der Waals surface area contributed by atoms with Gasteiger partial charge in [0.2, 0.25) is 0 Å². The van der Waals surface area contributed by atoms with Crippen LogP contribution in [0.1, 0.15) is 6.42 Å². The number of aromatic nitrogens is 4. The predicted octanol–water partition coefficient (Wildman–Crippen LogP) is 1.48. The Morgan fingerprint density at radius 1 is 1.26 bits per heavy atom. The van der Waals surface area contributed by atoms with Crippen LogP contribution in [-0.2, 0) is 7.05 Å². The topological polar surface area (TPSA) is 82.3 Å². The molecule has 0 aromatic carbocycles. The SMILES string of the molecule is CN(C)c1cc(N2C[C@H](O)C[C@@H]2CNc2nccc3ccn(C)c23)ncn1. The number of aliphatic hydroxyl groups is 1. The molecule has 0 unspecified atom stereocenters. The highest BCUT2D eigenvalue weighted by Crippen LogP contribution is 2.27. The second kappa shape index (κ2) is 7.03. The maximum atomic E-state index is 10.2. The Hall–Kier alpha value is -2.87. The summed E-state index contributed by atoms with van der Waals surface area (Å²) in [5, 5.41) is 14.9. The van der Waals surface area contributed by atoms with Gasteiger partial charge in [-0.3, -0.25) is 0 Å². The van der Waals surface area contributed by atoms with E-state index in [9.17, 15) is 5.11 Å². The molecule has 2 N–H and O–H groups in total. The van der Waals surface area contributed by atoms with E-state index in [1.807, 2.05) is 50.6 Å². The summed E-state index contributed by atoms with van der Waals surface area (Å²) in [5.74, 6) is 2.54. The zero-order chi connectivity index (χ0) is 19.0. The smallest absolute Gasteiger partial charge is 0.150 e. The Bertz CT molecular complexity index is 939. The van der Waals surface area contributed by atoms with Crippen LogP contribution < -0.4 is 15.1 Å². The normalized spacial score (nSPS) is 19.6. The van der Waals surface area contributed by atoms with Gasteiger partial charge in [-0.2, -0.15) is 0 Å². The van der Waals surface area contributed by atoms with Gasteiger partial charge in [-0.1, -0.05) is 0 Å². The van der Waals surface area contributed by atoms with Crippen LogP contribution in [0.3, 0.4) is 0 Å². The van der Waals surface area contributed by atoms with Crippen LogP contribution in [0, 0.1) is 0 Å². The van der Waals surface area contributed by atoms with Crippen LogP contribution in [0.5, 0.6) is 0 Å². The zero-order valence-corrected chi connectivity index (χ0v) is 15.9. The number of hydrogen-bond donors (Lipinski definition) is 2. The molecule has 2 atom stereocenters. The number of aryl methyl sites for hydroxylation is 1. The second-order valence-electron chi connectivity index (χ2n) is 7.23. The van der Waals surface area contributed by atoms with E-state index in [4.69, 9.17) is 0 Å². The average Bonchev–Trinajstić information content (AvgIpc) is 3.23. The monoisotopic (exact) mass is 367 g/mol. The van der Waals surface area contributed by atoms with Gasteiger partial charge >= 0.3 is 0 Å². The third kappa shape index (κ3) is 3.40. The van der Waals surface area contributed by atoms with Crippen LogP contribution in [0.15, 0.2) is 36.9 Å². The Labute approximate surface area is 158 Å². The summed E-state index contributed by atoms with van der Waals surface area (Å²) >= 11 is 0. The first-order valence-corrected chi connectivity index (χ1v) is 9.11. The van der Waals surface area contributed by atoms with E-state index in [1.54, 1.807) is 6.33 Å². The van der Waals surface area contributed by atoms with Crippen molar-refractivity contribution in [2.45, 2.75) is 18.6 Å². The minimum absolute atomic E-state index is 0.127. The van der Waals surface area contributed by atoms with Gasteiger partial charge < -0.3 is 24.8 Å². The molecule has 1 saturated heterocycles. The van der Waals surface area contributed by atoms with E-state index in [0.29, 0.717) is 19.5 Å². The predicted molar refractivity (Wildman–Crippen MR) is 107 cm³/mol. The second-order valence-corrected chi connectivity index (χ2v) is 7.23. The molecule has 1 aliphatic rings. The molecule has 142 valence electrons. The number of hydrogen-bond acceptors (Lipinski definition) is 7. The molecule has 27 heavy (non-hydrogen) atoms. The third-order valence-electron chi connectivity index (χ3n) is 5.07. The number of fused-ring (bicyclic) bond motifs is 1. The Morgan fingerprint density at radius 2 is 2.11 bits per heavy atom. The van der Waals surface area contributed by atoms with Crippen molar-refractivity contribution in [1.29, 1.82) is 0 Å². The Morgan fingerprint density at radius 3 is 2.93 bits per heavy atom. The van der Waals surface area contributed by atoms with Crippen molar-refractivity contribution in [1.82, 2.24) is 19.5 Å². The third-order valence-corrected chi connectivity index (χ3v) is 5.07. The van der Waals surface area contributed by atoms with Gasteiger partial charge in [-0.05, 0) is 18.6 Å². The molecule has 8 heteroatoms. The van der Waals surface area contributed by atoms with Crippen LogP contribution in [0.4, 0.5) is 17.5 Å². The van der Waals surface area contributed by atoms with Crippen molar-refractivity contribution in [2.75, 3.05) is 42.3 Å². The Balaban J connectivity index is 1.55. The van der Waals surface area contributed by atoms with Crippen LogP contribution in [0.25, 0.3) is 10.9 Å². The molecule has 4 heterocycles. The summed E-state index contributed by atoms with van der Waals surface area (Å²) in [6.45, 7) is 1.24. The van der Waals surface area contributed by atoms with Crippen molar-refractivity contribution in [3.05, 3.63) is 36.9 Å². The quantitative estimate of drug-likeness (QED) is 0.707. The van der Waals surface area contributed by atoms with E-state index in [2.05, 4.69) is 35.8 Å². The summed E-state index contributed by atoms with van der Waals surface area (Å²) in [6.07, 6.45) is 5.75. The number of rotatable bonds is 5. The molecule has 3 aromatic rings. The van der Waals surface area contributed by atoms with Gasteiger partial charge in [0.15, 0.2) is 5.82 Å². The molecular weight excluding hydrogens is 342 g/mol. The first kappa shape index (κ1) is 17.5. The Kier molecular flexibility index (Phi) is 4.57. The number of pyridine rings is 1. The molecule has 3 aromatic heterocycles. The highest BCUT2D eigenvalue weighted by molar-refractivity contribution is 5.89. The van der Waals surface area contributed by atoms with Crippen LogP contribution in [0.2, 0.25) is 0 Å². The largest absolute Gasteiger partial charge is 0.391 e. The standard InChI is InChI=1S/C19H25N7O/c1-24(2)16-9-17(23-12-22-16)26-11-15(27)8-14(26)10-21-19-18-13(4-6-20-19)5-7-25(18)3/h4-7,9,12,14-15,27H,8,10-11H2,1-3H3,(H,20,21)/t14-,15-/m1/s1. The van der Waals surface area contributed by atoms with Gasteiger partial charge in [0.1, 0.15) is 18.0 Å². The van der Waals surface area contributed by atoms with E-state index in [0.717, 1.165) is 28.4 Å². The zero-order valence-electron chi connectivity index (χ0n) is 15.9. The number of β-amino-alcohol motifs (C(OH)–C–C–N with tert-alkyl or cyclic N) is 1. The lowest BCUT2D eigenvalue weighted by molar-refractivity contribution is 0.194. The number of anilines is 3. The van der Waals surface area contributed by atoms with E-state index < -0.39 is 0 Å². The van der Waals surface area contributed by atoms with Gasteiger partial charge in [0, 0.05) is 58.1 Å². The van der Waals surface area contributed by atoms with Gasteiger partial charge in [0.25, 0.3) is 0 Å². The molecule has 0 radical (unpaired) electrons. The highest BCUT2D eigenvalue weighted by Gasteiger charge is 2.32. The fourth-order valence-electron chi connectivity index (χ4n) is 3.69. The van der Waals surface area contributed by atoms with Crippen molar-refractivity contribution in [2.24, 2.45) is 7.05 Å². The molecule has 4 rings (SSSR count). The fourth-order valence-corrected chi connectivity index (χ4v) is 3.69. The maximum Gasteiger partial charge on any atom is 0.150 e. The average molecular weight is 367 g/mol. The summed E-state index contributed by atoms with van der Waals surface area (Å²) in [5.41, 5.74) is 1.08. The number of aliphatic hydroxyl groups excluding tert-OH is 1. The van der Waals surface area contributed by atoms with E-state index in [-0.39, 0.29) is 12.1 Å². The van der Waals surface area contributed by atoms with Gasteiger partial charge in [-0.15, -0.1) is 0 Å². The lowest BCUT2D eigenvalue weighted by atomic mass is 10.2. The first-order valence-electron chi connectivity index (χ1n) is 9.11. The minimum Gasteiger partial charge on any atom is -0.391 e. The van der Waals surface area contributed by atoms with Gasteiger partial charge in [0.05, 0.1) is 17.7 Å². The molecule has 0 saturated carbocycles. The molecule has 0 aliphatic carbocycles. The first-order chi connectivity index (χ1) is 13.0. The molecule has 1 fully saturated rings. The molecular formula is C19H25N7O. The number of nitrogens with zero attached hydrogens (tertiary/aromatic N) is 6. The summed E-state index contributed by atoms with van der Waals surface area (Å²) < 4.78 is 2.07. The minimum atomic E-state index is -0.367. The van der Waals surface area contributed by atoms with E-state index >= 15 is 0 Å². The van der Waals surface area contributed by atoms with E-state index in [1.165, 1.54) is 0 Å². The molecule has 0 amide bonds. The van der Waals surface area contributed by atoms with Crippen LogP contribution >= 0.6 is 0 Å². The lowest BCUT2D eigenvalue weighted by Crippen LogP contribution is -2.36. The van der Waals surface area contributed by atoms with Crippen molar-refractivity contribution >= 4 is 28.4 Å². The fraction of sp³-hybridized carbons (Fsp3) is 0.421. The summed E-state index contributed by atoms with van der Waals surface area (Å²) in [4.78, 5) is 17.3. The molecule has 1 aliphatic heterocycles. The van der Waals surface area contributed by atoms with Crippen molar-refractivity contribution in [3.8, 4) is 0 Å². The summed E-state index contributed by atoms with van der Waals surface area (Å²) in [6, 6.07) is 6.18. The lowest BCUT2D eigenvalue weighted by Gasteiger charge is -2.26. The van der Waals surface area contributed by atoms with Crippen molar-refractivity contribution in [3.63, 3.8) is 0 Å². The summed E-state index contributed by atoms with van der Waals surface area (Å²) in [7, 11) is 5.93. The molecule has 0 bridgehead atoms. The molecule has 0 spiro atoms. The van der Waals surface area contributed by atoms with Gasteiger partial charge in [-0.25, -0.2) is 15.0 Å². The number of nitrogens with one attached hydrogen (secondary N) is 1. The van der Waals surface area contributed by atoms with Crippen molar-refractivity contribution < 1.29 is 5.11 Å². The van der Waals surface area contributed by atoms with Crippen LogP contribution in [-0.4, -0.2) is 64.0 Å². The highest BCUT2D eigenvalue weighted by atomic mass is 16.3.